The minimum atomic E-state index is -0.976. The first kappa shape index (κ1) is 26.8. The molecular formula is C27H32ClN7O4. The minimum absolute atomic E-state index is 0.0216. The summed E-state index contributed by atoms with van der Waals surface area (Å²) in [5.41, 5.74) is 7.13. The van der Waals surface area contributed by atoms with Gasteiger partial charge in [0.05, 0.1) is 10.7 Å². The van der Waals surface area contributed by atoms with Crippen LogP contribution in [0.4, 0.5) is 22.0 Å². The van der Waals surface area contributed by atoms with Crippen LogP contribution in [0.1, 0.15) is 30.3 Å². The summed E-state index contributed by atoms with van der Waals surface area (Å²) in [5.74, 6) is -0.179. The molecule has 206 valence electrons. The van der Waals surface area contributed by atoms with Crippen LogP contribution in [0.25, 0.3) is 10.8 Å². The fraction of sp³-hybridized carbons (Fsp3) is 0.407. The third-order valence-corrected chi connectivity index (χ3v) is 7.78. The van der Waals surface area contributed by atoms with Crippen molar-refractivity contribution in [3.63, 3.8) is 0 Å². The van der Waals surface area contributed by atoms with Crippen LogP contribution in [-0.4, -0.2) is 88.8 Å². The van der Waals surface area contributed by atoms with E-state index in [0.29, 0.717) is 35.1 Å². The van der Waals surface area contributed by atoms with Crippen molar-refractivity contribution in [2.45, 2.75) is 31.8 Å². The summed E-state index contributed by atoms with van der Waals surface area (Å²) in [6, 6.07) is 11.1. The molecule has 4 N–H and O–H groups in total. The molecule has 12 heteroatoms. The smallest absolute Gasteiger partial charge is 0.407 e. The maximum absolute atomic E-state index is 13.6. The first-order chi connectivity index (χ1) is 18.7. The van der Waals surface area contributed by atoms with Crippen molar-refractivity contribution in [3.8, 4) is 6.01 Å². The van der Waals surface area contributed by atoms with Crippen LogP contribution in [0.3, 0.4) is 0 Å². The molecule has 0 aliphatic carbocycles. The quantitative estimate of drug-likeness (QED) is 0.416. The Labute approximate surface area is 231 Å². The molecule has 2 unspecified atom stereocenters. The zero-order valence-electron chi connectivity index (χ0n) is 21.9. The SMILES string of the molecule is CC1CN(C(=O)O)CCN1c1nc(OCC2CCCN2C)nc(C(=O)Nc2cccc3cccc(Cl)c23)c1N. The van der Waals surface area contributed by atoms with Gasteiger partial charge in [-0.1, -0.05) is 35.9 Å². The Morgan fingerprint density at radius 2 is 1.95 bits per heavy atom. The number of benzene rings is 2. The van der Waals surface area contributed by atoms with Crippen molar-refractivity contribution in [2.75, 3.05) is 55.8 Å². The number of hydrogen-bond acceptors (Lipinski definition) is 8. The number of ether oxygens (including phenoxy) is 1. The van der Waals surface area contributed by atoms with E-state index in [4.69, 9.17) is 22.1 Å². The molecule has 2 amide bonds. The van der Waals surface area contributed by atoms with Crippen molar-refractivity contribution >= 4 is 51.6 Å². The third-order valence-electron chi connectivity index (χ3n) is 7.47. The second kappa shape index (κ2) is 11.1. The van der Waals surface area contributed by atoms with Gasteiger partial charge < -0.3 is 35.6 Å². The highest BCUT2D eigenvalue weighted by Gasteiger charge is 2.31. The van der Waals surface area contributed by atoms with E-state index in [1.807, 2.05) is 43.1 Å². The lowest BCUT2D eigenvalue weighted by Crippen LogP contribution is -2.54. The number of likely N-dealkylation sites (tertiary alicyclic amines) is 1. The number of nitrogens with zero attached hydrogens (tertiary/aromatic N) is 5. The van der Waals surface area contributed by atoms with Gasteiger partial charge in [0.25, 0.3) is 5.91 Å². The van der Waals surface area contributed by atoms with Gasteiger partial charge in [-0.2, -0.15) is 9.97 Å². The summed E-state index contributed by atoms with van der Waals surface area (Å²) in [6.07, 6.45) is 1.11. The highest BCUT2D eigenvalue weighted by atomic mass is 35.5. The number of piperazine rings is 1. The topological polar surface area (TPSA) is 137 Å². The molecule has 1 aromatic heterocycles. The van der Waals surface area contributed by atoms with Gasteiger partial charge in [0.2, 0.25) is 0 Å². The zero-order valence-corrected chi connectivity index (χ0v) is 22.7. The van der Waals surface area contributed by atoms with Crippen molar-refractivity contribution in [1.29, 1.82) is 0 Å². The normalized spacial score (nSPS) is 19.9. The number of halogens is 1. The monoisotopic (exact) mass is 553 g/mol. The number of aromatic nitrogens is 2. The average molecular weight is 554 g/mol. The van der Waals surface area contributed by atoms with Crippen LogP contribution in [0.2, 0.25) is 5.02 Å². The highest BCUT2D eigenvalue weighted by molar-refractivity contribution is 6.37. The first-order valence-corrected chi connectivity index (χ1v) is 13.3. The van der Waals surface area contributed by atoms with E-state index in [-0.39, 0.29) is 42.6 Å². The van der Waals surface area contributed by atoms with Gasteiger partial charge in [0.15, 0.2) is 11.5 Å². The molecule has 2 aliphatic heterocycles. The van der Waals surface area contributed by atoms with Crippen molar-refractivity contribution in [1.82, 2.24) is 19.8 Å². The van der Waals surface area contributed by atoms with Crippen molar-refractivity contribution in [3.05, 3.63) is 47.1 Å². The van der Waals surface area contributed by atoms with Crippen LogP contribution in [0.5, 0.6) is 6.01 Å². The predicted octanol–water partition coefficient (Wildman–Crippen LogP) is 3.78. The number of likely N-dealkylation sites (N-methyl/N-ethyl adjacent to an activating group) is 1. The number of amides is 2. The number of nitrogen functional groups attached to an aromatic ring is 1. The Balaban J connectivity index is 1.49. The van der Waals surface area contributed by atoms with E-state index >= 15 is 0 Å². The number of carboxylic acid groups (broad SMARTS) is 1. The Hall–Kier alpha value is -3.83. The number of anilines is 3. The Kier molecular flexibility index (Phi) is 7.62. The molecule has 3 aromatic rings. The Morgan fingerprint density at radius 1 is 1.18 bits per heavy atom. The second-order valence-electron chi connectivity index (χ2n) is 10.0. The largest absolute Gasteiger partial charge is 0.465 e. The molecule has 2 aromatic carbocycles. The van der Waals surface area contributed by atoms with Crippen LogP contribution >= 0.6 is 11.6 Å². The number of hydrogen-bond donors (Lipinski definition) is 3. The number of nitrogens with one attached hydrogen (secondary N) is 1. The molecule has 5 rings (SSSR count). The molecule has 2 aliphatic rings. The second-order valence-corrected chi connectivity index (χ2v) is 10.5. The Bertz CT molecular complexity index is 1400. The standard InChI is InChI=1S/C27H32ClN7O4/c1-16-14-34(27(37)38)12-13-35(16)24-22(29)23(31-26(32-24)39-15-18-8-5-11-33(18)2)25(36)30-20-10-4-7-17-6-3-9-19(28)21(17)20/h3-4,6-7,9-10,16,18H,5,8,11-15,29H2,1-2H3,(H,30,36)(H,37,38). The van der Waals surface area contributed by atoms with E-state index < -0.39 is 12.0 Å². The van der Waals surface area contributed by atoms with E-state index in [9.17, 15) is 14.7 Å². The van der Waals surface area contributed by atoms with Crippen LogP contribution < -0.4 is 20.7 Å². The molecule has 2 atom stereocenters. The number of carbonyl (C=O) groups is 2. The van der Waals surface area contributed by atoms with Crippen LogP contribution in [0.15, 0.2) is 36.4 Å². The molecular weight excluding hydrogens is 522 g/mol. The van der Waals surface area contributed by atoms with Gasteiger partial charge in [-0.05, 0) is 50.9 Å². The van der Waals surface area contributed by atoms with Crippen LogP contribution in [0, 0.1) is 0 Å². The lowest BCUT2D eigenvalue weighted by atomic mass is 10.1. The fourth-order valence-corrected chi connectivity index (χ4v) is 5.57. The van der Waals surface area contributed by atoms with E-state index in [0.717, 1.165) is 24.8 Å². The molecule has 0 spiro atoms. The number of rotatable bonds is 6. The predicted molar refractivity (Wildman–Crippen MR) is 151 cm³/mol. The molecule has 11 nitrogen and oxygen atoms in total. The van der Waals surface area contributed by atoms with Gasteiger partial charge in [0, 0.05) is 37.1 Å². The van der Waals surface area contributed by atoms with Gasteiger partial charge in [-0.15, -0.1) is 0 Å². The maximum atomic E-state index is 13.6. The maximum Gasteiger partial charge on any atom is 0.407 e. The Morgan fingerprint density at radius 3 is 2.64 bits per heavy atom. The van der Waals surface area contributed by atoms with E-state index in [2.05, 4.69) is 20.2 Å². The van der Waals surface area contributed by atoms with Gasteiger partial charge in [-0.25, -0.2) is 4.79 Å². The number of carbonyl (C=O) groups excluding carboxylic acids is 1. The summed E-state index contributed by atoms with van der Waals surface area (Å²) in [7, 11) is 2.05. The molecule has 2 saturated heterocycles. The summed E-state index contributed by atoms with van der Waals surface area (Å²) >= 11 is 6.46. The summed E-state index contributed by atoms with van der Waals surface area (Å²) in [6.45, 7) is 4.18. The zero-order chi connectivity index (χ0) is 27.7. The molecule has 0 saturated carbocycles. The highest BCUT2D eigenvalue weighted by Crippen LogP contribution is 2.33. The average Bonchev–Trinajstić information content (AvgIpc) is 3.32. The van der Waals surface area contributed by atoms with Crippen LogP contribution in [-0.2, 0) is 0 Å². The lowest BCUT2D eigenvalue weighted by Gasteiger charge is -2.39. The molecule has 3 heterocycles. The van der Waals surface area contributed by atoms with Crippen molar-refractivity contribution < 1.29 is 19.4 Å². The third kappa shape index (κ3) is 5.50. The van der Waals surface area contributed by atoms with Crippen molar-refractivity contribution in [2.24, 2.45) is 0 Å². The summed E-state index contributed by atoms with van der Waals surface area (Å²) in [5, 5.41) is 14.4. The lowest BCUT2D eigenvalue weighted by molar-refractivity contribution is 0.102. The molecule has 0 radical (unpaired) electrons. The molecule has 0 bridgehead atoms. The summed E-state index contributed by atoms with van der Waals surface area (Å²) in [4.78, 5) is 39.6. The minimum Gasteiger partial charge on any atom is -0.465 e. The number of fused-ring (bicyclic) bond motifs is 1. The van der Waals surface area contributed by atoms with E-state index in [1.165, 1.54) is 4.90 Å². The molecule has 2 fully saturated rings. The van der Waals surface area contributed by atoms with E-state index in [1.54, 1.807) is 12.1 Å². The molecule has 39 heavy (non-hydrogen) atoms. The first-order valence-electron chi connectivity index (χ1n) is 13.0. The number of nitrogens with two attached hydrogens (primary N) is 1. The van der Waals surface area contributed by atoms with Gasteiger partial charge in [0.1, 0.15) is 12.3 Å². The van der Waals surface area contributed by atoms with Gasteiger partial charge in [-0.3, -0.25) is 4.79 Å². The fourth-order valence-electron chi connectivity index (χ4n) is 5.28. The van der Waals surface area contributed by atoms with Gasteiger partial charge >= 0.3 is 12.1 Å². The summed E-state index contributed by atoms with van der Waals surface area (Å²) < 4.78 is 6.02.